The van der Waals surface area contributed by atoms with Crippen LogP contribution in [0.1, 0.15) is 15.9 Å². The second-order valence-electron chi connectivity index (χ2n) is 3.29. The van der Waals surface area contributed by atoms with Gasteiger partial charge in [0.05, 0.1) is 5.02 Å². The fraction of sp³-hybridized carbons (Fsp3) is 0.300. The van der Waals surface area contributed by atoms with Crippen molar-refractivity contribution in [3.63, 3.8) is 0 Å². The molecule has 1 aromatic rings. The van der Waals surface area contributed by atoms with Gasteiger partial charge in [0.25, 0.3) is 0 Å². The Bertz CT molecular complexity index is 471. The van der Waals surface area contributed by atoms with Crippen molar-refractivity contribution in [2.75, 3.05) is 13.2 Å². The van der Waals surface area contributed by atoms with Gasteiger partial charge in [-0.3, -0.25) is 0 Å². The molecule has 0 bridgehead atoms. The van der Waals surface area contributed by atoms with E-state index < -0.39 is 5.97 Å². The molecule has 0 radical (unpaired) electrons. The molecule has 0 saturated carbocycles. The third kappa shape index (κ3) is 1.58. The molecule has 6 heteroatoms. The molecule has 0 fully saturated rings. The van der Waals surface area contributed by atoms with Gasteiger partial charge in [-0.1, -0.05) is 23.2 Å². The number of carboxylic acids is 1. The number of halogens is 2. The van der Waals surface area contributed by atoms with Gasteiger partial charge in [0.1, 0.15) is 23.8 Å². The highest BCUT2D eigenvalue weighted by Crippen LogP contribution is 2.46. The van der Waals surface area contributed by atoms with E-state index in [1.165, 1.54) is 0 Å². The molecule has 0 atom stereocenters. The average Bonchev–Trinajstić information content (AvgIpc) is 2.26. The molecule has 1 aliphatic heterocycles. The van der Waals surface area contributed by atoms with E-state index in [1.54, 1.807) is 6.92 Å². The third-order valence-electron chi connectivity index (χ3n) is 2.32. The molecule has 0 saturated heterocycles. The maximum atomic E-state index is 11.1. The molecule has 0 amide bonds. The van der Waals surface area contributed by atoms with Crippen molar-refractivity contribution >= 4 is 29.2 Å². The van der Waals surface area contributed by atoms with Crippen molar-refractivity contribution in [2.45, 2.75) is 6.92 Å². The van der Waals surface area contributed by atoms with Gasteiger partial charge in [0.15, 0.2) is 11.5 Å². The lowest BCUT2D eigenvalue weighted by Gasteiger charge is -2.23. The monoisotopic (exact) mass is 262 g/mol. The van der Waals surface area contributed by atoms with Gasteiger partial charge < -0.3 is 14.6 Å². The first kappa shape index (κ1) is 11.4. The lowest BCUT2D eigenvalue weighted by atomic mass is 10.1. The molecule has 2 rings (SSSR count). The molecule has 0 spiro atoms. The van der Waals surface area contributed by atoms with E-state index in [4.69, 9.17) is 37.8 Å². The molecule has 1 aliphatic rings. The first-order valence-electron chi connectivity index (χ1n) is 4.54. The Balaban J connectivity index is 2.78. The molecule has 1 N–H and O–H groups in total. The van der Waals surface area contributed by atoms with Gasteiger partial charge >= 0.3 is 5.97 Å². The zero-order valence-corrected chi connectivity index (χ0v) is 9.85. The van der Waals surface area contributed by atoms with Crippen LogP contribution in [-0.4, -0.2) is 24.3 Å². The largest absolute Gasteiger partial charge is 0.485 e. The minimum atomic E-state index is -1.11. The van der Waals surface area contributed by atoms with E-state index >= 15 is 0 Å². The maximum Gasteiger partial charge on any atom is 0.339 e. The second kappa shape index (κ2) is 4.03. The SMILES string of the molecule is Cc1c(Cl)c(Cl)c2c(c1C(=O)O)OCCO2. The van der Waals surface area contributed by atoms with E-state index in [0.717, 1.165) is 0 Å². The summed E-state index contributed by atoms with van der Waals surface area (Å²) in [5.74, 6) is -0.746. The van der Waals surface area contributed by atoms with Crippen LogP contribution in [0.5, 0.6) is 11.5 Å². The van der Waals surface area contributed by atoms with Crippen LogP contribution in [0.25, 0.3) is 0 Å². The zero-order valence-electron chi connectivity index (χ0n) is 8.34. The van der Waals surface area contributed by atoms with Crippen LogP contribution in [0.2, 0.25) is 10.0 Å². The van der Waals surface area contributed by atoms with Crippen LogP contribution in [0.15, 0.2) is 0 Å². The Kier molecular flexibility index (Phi) is 2.86. The van der Waals surface area contributed by atoms with Crippen LogP contribution >= 0.6 is 23.2 Å². The van der Waals surface area contributed by atoms with E-state index in [0.29, 0.717) is 18.8 Å². The van der Waals surface area contributed by atoms with E-state index in [-0.39, 0.29) is 27.1 Å². The first-order chi connectivity index (χ1) is 7.54. The number of aromatic carboxylic acids is 1. The minimum absolute atomic E-state index is 0.00380. The van der Waals surface area contributed by atoms with Crippen LogP contribution in [0.4, 0.5) is 0 Å². The standard InChI is InChI=1S/C10H8Cl2O4/c1-4-5(10(13)14)8-9(7(12)6(4)11)16-3-2-15-8/h2-3H2,1H3,(H,13,14). The predicted molar refractivity (Wildman–Crippen MR) is 59.1 cm³/mol. The number of carbonyl (C=O) groups is 1. The molecule has 0 aliphatic carbocycles. The fourth-order valence-corrected chi connectivity index (χ4v) is 2.03. The van der Waals surface area contributed by atoms with Crippen LogP contribution in [0, 0.1) is 6.92 Å². The summed E-state index contributed by atoms with van der Waals surface area (Å²) >= 11 is 11.9. The first-order valence-corrected chi connectivity index (χ1v) is 5.30. The van der Waals surface area contributed by atoms with Gasteiger partial charge in [0, 0.05) is 0 Å². The van der Waals surface area contributed by atoms with Crippen molar-refractivity contribution in [3.8, 4) is 11.5 Å². The van der Waals surface area contributed by atoms with Crippen molar-refractivity contribution in [3.05, 3.63) is 21.2 Å². The fourth-order valence-electron chi connectivity index (χ4n) is 1.57. The number of hydrogen-bond donors (Lipinski definition) is 1. The summed E-state index contributed by atoms with van der Waals surface area (Å²) in [5.41, 5.74) is 0.382. The minimum Gasteiger partial charge on any atom is -0.485 e. The summed E-state index contributed by atoms with van der Waals surface area (Å²) in [6.07, 6.45) is 0. The Morgan fingerprint density at radius 3 is 2.31 bits per heavy atom. The molecular formula is C10H8Cl2O4. The average molecular weight is 263 g/mol. The number of ether oxygens (including phenoxy) is 2. The van der Waals surface area contributed by atoms with Crippen LogP contribution < -0.4 is 9.47 Å². The van der Waals surface area contributed by atoms with Crippen molar-refractivity contribution < 1.29 is 19.4 Å². The number of hydrogen-bond acceptors (Lipinski definition) is 3. The van der Waals surface area contributed by atoms with Crippen LogP contribution in [0.3, 0.4) is 0 Å². The number of fused-ring (bicyclic) bond motifs is 1. The van der Waals surface area contributed by atoms with E-state index in [1.807, 2.05) is 0 Å². The highest BCUT2D eigenvalue weighted by Gasteiger charge is 2.28. The number of benzene rings is 1. The van der Waals surface area contributed by atoms with Gasteiger partial charge in [-0.15, -0.1) is 0 Å². The second-order valence-corrected chi connectivity index (χ2v) is 4.04. The lowest BCUT2D eigenvalue weighted by Crippen LogP contribution is -2.19. The Labute approximate surface area is 102 Å². The molecule has 16 heavy (non-hydrogen) atoms. The summed E-state index contributed by atoms with van der Waals surface area (Å²) < 4.78 is 10.6. The van der Waals surface area contributed by atoms with E-state index in [2.05, 4.69) is 0 Å². The molecule has 0 unspecified atom stereocenters. The normalized spacial score (nSPS) is 13.7. The molecule has 4 nitrogen and oxygen atoms in total. The Morgan fingerprint density at radius 2 is 1.75 bits per heavy atom. The molecule has 1 aromatic carbocycles. The molecule has 0 aromatic heterocycles. The summed E-state index contributed by atoms with van der Waals surface area (Å²) in [4.78, 5) is 11.1. The summed E-state index contributed by atoms with van der Waals surface area (Å²) in [6, 6.07) is 0. The highest BCUT2D eigenvalue weighted by molar-refractivity contribution is 6.44. The van der Waals surface area contributed by atoms with Crippen molar-refractivity contribution in [1.29, 1.82) is 0 Å². The number of carboxylic acid groups (broad SMARTS) is 1. The summed E-state index contributed by atoms with van der Waals surface area (Å²) in [6.45, 7) is 2.20. The zero-order chi connectivity index (χ0) is 11.9. The molecular weight excluding hydrogens is 255 g/mol. The Morgan fingerprint density at radius 1 is 1.19 bits per heavy atom. The van der Waals surface area contributed by atoms with Crippen molar-refractivity contribution in [1.82, 2.24) is 0 Å². The molecule has 1 heterocycles. The maximum absolute atomic E-state index is 11.1. The van der Waals surface area contributed by atoms with Gasteiger partial charge in [0.2, 0.25) is 0 Å². The van der Waals surface area contributed by atoms with Gasteiger partial charge in [-0.2, -0.15) is 0 Å². The summed E-state index contributed by atoms with van der Waals surface area (Å²) in [5, 5.41) is 9.48. The van der Waals surface area contributed by atoms with Crippen molar-refractivity contribution in [2.24, 2.45) is 0 Å². The number of rotatable bonds is 1. The van der Waals surface area contributed by atoms with Crippen LogP contribution in [-0.2, 0) is 0 Å². The quantitative estimate of drug-likeness (QED) is 0.846. The highest BCUT2D eigenvalue weighted by atomic mass is 35.5. The molecule has 86 valence electrons. The topological polar surface area (TPSA) is 55.8 Å². The van der Waals surface area contributed by atoms with Gasteiger partial charge in [-0.05, 0) is 12.5 Å². The predicted octanol–water partition coefficient (Wildman–Crippen LogP) is 2.77. The lowest BCUT2D eigenvalue weighted by molar-refractivity contribution is 0.0685. The van der Waals surface area contributed by atoms with Gasteiger partial charge in [-0.25, -0.2) is 4.79 Å². The Hall–Kier alpha value is -1.13. The smallest absolute Gasteiger partial charge is 0.339 e. The third-order valence-corrected chi connectivity index (χ3v) is 3.25. The summed E-state index contributed by atoms with van der Waals surface area (Å²) in [7, 11) is 0. The van der Waals surface area contributed by atoms with E-state index in [9.17, 15) is 4.79 Å².